The van der Waals surface area contributed by atoms with Crippen LogP contribution in [0.4, 0.5) is 0 Å². The number of ketones is 1. The number of Topliss-reactive ketones (excluding diaryl/α,β-unsaturated/α-hetero) is 1. The monoisotopic (exact) mass is 420 g/mol. The molecule has 0 spiro atoms. The van der Waals surface area contributed by atoms with Crippen LogP contribution in [-0.2, 0) is 11.4 Å². The Morgan fingerprint density at radius 3 is 2.52 bits per heavy atom. The summed E-state index contributed by atoms with van der Waals surface area (Å²) in [5.41, 5.74) is 3.01. The van der Waals surface area contributed by atoms with E-state index in [4.69, 9.17) is 40.2 Å². The molecule has 3 rings (SSSR count). The summed E-state index contributed by atoms with van der Waals surface area (Å²) in [5, 5.41) is 7.76. The fourth-order valence-electron chi connectivity index (χ4n) is 3.02. The van der Waals surface area contributed by atoms with Gasteiger partial charge >= 0.3 is 0 Å². The maximum Gasteiger partial charge on any atom is 0.171 e. The fourth-order valence-corrected chi connectivity index (χ4v) is 3.80. The van der Waals surface area contributed by atoms with Gasteiger partial charge in [-0.2, -0.15) is 0 Å². The SMILES string of the molecule is CC(=O)C1=C(C)NC(=S)NC1c1cccc(OCc2c(Cl)cccc2Cl)c1. The molecule has 0 aromatic heterocycles. The lowest BCUT2D eigenvalue weighted by atomic mass is 9.93. The number of carbonyl (C=O) groups excluding carboxylic acids is 1. The van der Waals surface area contributed by atoms with Crippen molar-refractivity contribution in [2.75, 3.05) is 0 Å². The maximum atomic E-state index is 12.1. The number of halogens is 2. The molecule has 2 aromatic rings. The van der Waals surface area contributed by atoms with E-state index in [0.717, 1.165) is 16.8 Å². The van der Waals surface area contributed by atoms with Crippen LogP contribution in [-0.4, -0.2) is 10.9 Å². The molecule has 1 heterocycles. The van der Waals surface area contributed by atoms with E-state index in [0.29, 0.717) is 26.5 Å². The zero-order valence-corrected chi connectivity index (χ0v) is 17.1. The van der Waals surface area contributed by atoms with Gasteiger partial charge in [-0.25, -0.2) is 0 Å². The third kappa shape index (κ3) is 4.43. The number of hydrogen-bond acceptors (Lipinski definition) is 3. The molecule has 27 heavy (non-hydrogen) atoms. The molecule has 4 nitrogen and oxygen atoms in total. The Balaban J connectivity index is 1.86. The van der Waals surface area contributed by atoms with Crippen molar-refractivity contribution in [1.82, 2.24) is 10.6 Å². The Kier molecular flexibility index (Phi) is 6.05. The zero-order valence-electron chi connectivity index (χ0n) is 14.8. The standard InChI is InChI=1S/C20H18Cl2N2O2S/c1-11-18(12(2)25)19(24-20(27)23-11)13-5-3-6-14(9-13)26-10-15-16(21)7-4-8-17(15)22/h3-9,19H,10H2,1-2H3,(H2,23,24,27). The molecule has 0 aliphatic carbocycles. The Morgan fingerprint density at radius 1 is 1.19 bits per heavy atom. The summed E-state index contributed by atoms with van der Waals surface area (Å²) in [7, 11) is 0. The average Bonchev–Trinajstić information content (AvgIpc) is 2.60. The Labute approximate surface area is 173 Å². The molecule has 0 bridgehead atoms. The number of hydrogen-bond donors (Lipinski definition) is 2. The number of thiocarbonyl (C=S) groups is 1. The zero-order chi connectivity index (χ0) is 19.6. The highest BCUT2D eigenvalue weighted by Gasteiger charge is 2.27. The van der Waals surface area contributed by atoms with E-state index in [-0.39, 0.29) is 18.4 Å². The van der Waals surface area contributed by atoms with E-state index in [1.54, 1.807) is 25.1 Å². The highest BCUT2D eigenvalue weighted by atomic mass is 35.5. The molecular formula is C20H18Cl2N2O2S. The molecule has 1 unspecified atom stereocenters. The summed E-state index contributed by atoms with van der Waals surface area (Å²) in [4.78, 5) is 12.1. The van der Waals surface area contributed by atoms with Crippen molar-refractivity contribution in [3.05, 3.63) is 74.9 Å². The van der Waals surface area contributed by atoms with E-state index < -0.39 is 0 Å². The number of ether oxygens (including phenoxy) is 1. The molecule has 0 amide bonds. The van der Waals surface area contributed by atoms with Gasteiger partial charge in [0.1, 0.15) is 12.4 Å². The molecule has 7 heteroatoms. The van der Waals surface area contributed by atoms with Gasteiger partial charge in [0.15, 0.2) is 10.9 Å². The van der Waals surface area contributed by atoms with Gasteiger partial charge in [-0.05, 0) is 55.9 Å². The lowest BCUT2D eigenvalue weighted by Crippen LogP contribution is -2.44. The van der Waals surface area contributed by atoms with Crippen LogP contribution in [0.15, 0.2) is 53.7 Å². The quantitative estimate of drug-likeness (QED) is 0.669. The average molecular weight is 421 g/mol. The fraction of sp³-hybridized carbons (Fsp3) is 0.200. The summed E-state index contributed by atoms with van der Waals surface area (Å²) in [5.74, 6) is 0.629. The molecule has 140 valence electrons. The van der Waals surface area contributed by atoms with Gasteiger partial charge in [0, 0.05) is 26.9 Å². The van der Waals surface area contributed by atoms with E-state index >= 15 is 0 Å². The first-order chi connectivity index (χ1) is 12.9. The van der Waals surface area contributed by atoms with Crippen molar-refractivity contribution < 1.29 is 9.53 Å². The molecule has 1 aliphatic rings. The number of nitrogens with one attached hydrogen (secondary N) is 2. The second kappa shape index (κ2) is 8.30. The minimum Gasteiger partial charge on any atom is -0.489 e. The van der Waals surface area contributed by atoms with E-state index in [2.05, 4.69) is 10.6 Å². The third-order valence-electron chi connectivity index (χ3n) is 4.28. The highest BCUT2D eigenvalue weighted by Crippen LogP contribution is 2.30. The first-order valence-corrected chi connectivity index (χ1v) is 9.48. The van der Waals surface area contributed by atoms with Crippen LogP contribution in [0.2, 0.25) is 10.0 Å². The summed E-state index contributed by atoms with van der Waals surface area (Å²) >= 11 is 17.6. The van der Waals surface area contributed by atoms with Crippen LogP contribution in [0.1, 0.15) is 31.0 Å². The lowest BCUT2D eigenvalue weighted by Gasteiger charge is -2.30. The van der Waals surface area contributed by atoms with Crippen molar-refractivity contribution in [2.24, 2.45) is 0 Å². The van der Waals surface area contributed by atoms with Gasteiger partial charge in [0.05, 0.1) is 6.04 Å². The Hall–Kier alpha value is -2.08. The number of allylic oxidation sites excluding steroid dienone is 1. The van der Waals surface area contributed by atoms with Crippen LogP contribution in [0.3, 0.4) is 0 Å². The minimum absolute atomic E-state index is 0.0193. The lowest BCUT2D eigenvalue weighted by molar-refractivity contribution is -0.114. The topological polar surface area (TPSA) is 50.4 Å². The second-order valence-corrected chi connectivity index (χ2v) is 7.41. The third-order valence-corrected chi connectivity index (χ3v) is 5.21. The van der Waals surface area contributed by atoms with Crippen molar-refractivity contribution in [3.63, 3.8) is 0 Å². The molecule has 1 atom stereocenters. The van der Waals surface area contributed by atoms with Gasteiger partial charge in [-0.15, -0.1) is 0 Å². The molecule has 0 saturated carbocycles. The largest absolute Gasteiger partial charge is 0.489 e. The Bertz CT molecular complexity index is 923. The summed E-state index contributed by atoms with van der Waals surface area (Å²) in [6, 6.07) is 12.5. The van der Waals surface area contributed by atoms with Crippen LogP contribution in [0.5, 0.6) is 5.75 Å². The van der Waals surface area contributed by atoms with E-state index in [1.807, 2.05) is 31.2 Å². The van der Waals surface area contributed by atoms with Gasteiger partial charge in [-0.1, -0.05) is 41.4 Å². The van der Waals surface area contributed by atoms with Crippen molar-refractivity contribution in [2.45, 2.75) is 26.5 Å². The van der Waals surface area contributed by atoms with Gasteiger partial charge < -0.3 is 15.4 Å². The van der Waals surface area contributed by atoms with Crippen LogP contribution in [0.25, 0.3) is 0 Å². The van der Waals surface area contributed by atoms with Crippen molar-refractivity contribution in [3.8, 4) is 5.75 Å². The number of carbonyl (C=O) groups is 1. The predicted octanol–water partition coefficient (Wildman–Crippen LogP) is 4.95. The highest BCUT2D eigenvalue weighted by molar-refractivity contribution is 7.80. The van der Waals surface area contributed by atoms with Crippen LogP contribution >= 0.6 is 35.4 Å². The number of benzene rings is 2. The molecule has 0 fully saturated rings. The molecule has 2 aromatic carbocycles. The van der Waals surface area contributed by atoms with E-state index in [9.17, 15) is 4.79 Å². The van der Waals surface area contributed by atoms with E-state index in [1.165, 1.54) is 0 Å². The molecular weight excluding hydrogens is 403 g/mol. The van der Waals surface area contributed by atoms with Crippen molar-refractivity contribution >= 4 is 46.3 Å². The first-order valence-electron chi connectivity index (χ1n) is 8.31. The molecule has 2 N–H and O–H groups in total. The van der Waals surface area contributed by atoms with Gasteiger partial charge in [0.25, 0.3) is 0 Å². The summed E-state index contributed by atoms with van der Waals surface area (Å²) < 4.78 is 5.89. The Morgan fingerprint density at radius 2 is 1.85 bits per heavy atom. The molecule has 0 radical (unpaired) electrons. The van der Waals surface area contributed by atoms with Crippen LogP contribution in [0, 0.1) is 0 Å². The minimum atomic E-state index is -0.330. The summed E-state index contributed by atoms with van der Waals surface area (Å²) in [6.07, 6.45) is 0. The molecule has 0 saturated heterocycles. The maximum absolute atomic E-state index is 12.1. The molecule has 1 aliphatic heterocycles. The first kappa shape index (κ1) is 19.7. The smallest absolute Gasteiger partial charge is 0.171 e. The normalized spacial score (nSPS) is 16.6. The van der Waals surface area contributed by atoms with Crippen LogP contribution < -0.4 is 15.4 Å². The predicted molar refractivity (Wildman–Crippen MR) is 112 cm³/mol. The van der Waals surface area contributed by atoms with Gasteiger partial charge in [0.2, 0.25) is 0 Å². The number of rotatable bonds is 5. The second-order valence-electron chi connectivity index (χ2n) is 6.19. The van der Waals surface area contributed by atoms with Crippen molar-refractivity contribution in [1.29, 1.82) is 0 Å². The van der Waals surface area contributed by atoms with Gasteiger partial charge in [-0.3, -0.25) is 4.79 Å². The summed E-state index contributed by atoms with van der Waals surface area (Å²) in [6.45, 7) is 3.63.